The standard InChI is InChI=1S/C26H36ClN3O5S/c1-5-6-16-28-26(32)20(2)29(19-21-12-14-24(35-3)15-13-21)25(31)11-8-17-30(36(4,33)34)23-10-7-9-22(27)18-23/h7,9-10,12-15,18,20H,5-6,8,11,16-17,19H2,1-4H3,(H,28,32). The van der Waals surface area contributed by atoms with Crippen molar-refractivity contribution in [2.45, 2.75) is 52.1 Å². The summed E-state index contributed by atoms with van der Waals surface area (Å²) in [6.07, 6.45) is 3.29. The lowest BCUT2D eigenvalue weighted by molar-refractivity contribution is -0.140. The SMILES string of the molecule is CCCCNC(=O)C(C)N(Cc1ccc(OC)cc1)C(=O)CCCN(c1cccc(Cl)c1)S(C)(=O)=O. The van der Waals surface area contributed by atoms with Crippen LogP contribution < -0.4 is 14.4 Å². The van der Waals surface area contributed by atoms with Crippen molar-refractivity contribution in [1.82, 2.24) is 10.2 Å². The van der Waals surface area contributed by atoms with Crippen LogP contribution in [0.5, 0.6) is 5.75 Å². The van der Waals surface area contributed by atoms with Gasteiger partial charge in [-0.05, 0) is 55.7 Å². The predicted octanol–water partition coefficient (Wildman–Crippen LogP) is 4.23. The molecule has 0 aliphatic heterocycles. The van der Waals surface area contributed by atoms with Crippen molar-refractivity contribution in [3.63, 3.8) is 0 Å². The molecule has 0 fully saturated rings. The summed E-state index contributed by atoms with van der Waals surface area (Å²) < 4.78 is 31.2. The lowest BCUT2D eigenvalue weighted by Gasteiger charge is -2.29. The molecule has 0 bridgehead atoms. The van der Waals surface area contributed by atoms with Crippen molar-refractivity contribution < 1.29 is 22.7 Å². The Kier molecular flexibility index (Phi) is 11.5. The molecule has 36 heavy (non-hydrogen) atoms. The molecule has 1 atom stereocenters. The summed E-state index contributed by atoms with van der Waals surface area (Å²) in [4.78, 5) is 27.6. The second-order valence-corrected chi connectivity index (χ2v) is 11.0. The van der Waals surface area contributed by atoms with Gasteiger partial charge in [-0.2, -0.15) is 0 Å². The first-order valence-electron chi connectivity index (χ1n) is 12.0. The Morgan fingerprint density at radius 2 is 1.81 bits per heavy atom. The van der Waals surface area contributed by atoms with E-state index in [0.29, 0.717) is 23.0 Å². The zero-order valence-corrected chi connectivity index (χ0v) is 22.9. The van der Waals surface area contributed by atoms with Crippen LogP contribution >= 0.6 is 11.6 Å². The Morgan fingerprint density at radius 1 is 1.11 bits per heavy atom. The maximum absolute atomic E-state index is 13.3. The van der Waals surface area contributed by atoms with Crippen molar-refractivity contribution in [2.24, 2.45) is 0 Å². The smallest absolute Gasteiger partial charge is 0.242 e. The van der Waals surface area contributed by atoms with E-state index in [1.807, 2.05) is 19.1 Å². The number of rotatable bonds is 14. The van der Waals surface area contributed by atoms with Gasteiger partial charge in [-0.3, -0.25) is 13.9 Å². The highest BCUT2D eigenvalue weighted by molar-refractivity contribution is 7.92. The highest BCUT2D eigenvalue weighted by Crippen LogP contribution is 2.23. The summed E-state index contributed by atoms with van der Waals surface area (Å²) in [6.45, 7) is 4.65. The number of hydrogen-bond acceptors (Lipinski definition) is 5. The number of amides is 2. The van der Waals surface area contributed by atoms with Crippen LogP contribution in [0.2, 0.25) is 5.02 Å². The first kappa shape index (κ1) is 29.5. The third kappa shape index (κ3) is 9.02. The van der Waals surface area contributed by atoms with Gasteiger partial charge in [-0.25, -0.2) is 8.42 Å². The monoisotopic (exact) mass is 537 g/mol. The van der Waals surface area contributed by atoms with Crippen molar-refractivity contribution in [1.29, 1.82) is 0 Å². The van der Waals surface area contributed by atoms with E-state index in [4.69, 9.17) is 16.3 Å². The molecule has 0 saturated heterocycles. The number of carbonyl (C=O) groups is 2. The number of unbranched alkanes of at least 4 members (excludes halogenated alkanes) is 1. The van der Waals surface area contributed by atoms with Crippen LogP contribution in [0.4, 0.5) is 5.69 Å². The molecule has 0 aliphatic carbocycles. The minimum absolute atomic E-state index is 0.0787. The Morgan fingerprint density at radius 3 is 2.39 bits per heavy atom. The molecule has 0 saturated carbocycles. The largest absolute Gasteiger partial charge is 0.497 e. The molecule has 0 aromatic heterocycles. The fourth-order valence-corrected chi connectivity index (χ4v) is 4.82. The van der Waals surface area contributed by atoms with Gasteiger partial charge in [0.25, 0.3) is 0 Å². The molecular formula is C26H36ClN3O5S. The molecule has 10 heteroatoms. The van der Waals surface area contributed by atoms with Crippen LogP contribution in [0.15, 0.2) is 48.5 Å². The Hall–Kier alpha value is -2.78. The van der Waals surface area contributed by atoms with E-state index < -0.39 is 16.1 Å². The number of methoxy groups -OCH3 is 1. The Bertz CT molecular complexity index is 1110. The predicted molar refractivity (Wildman–Crippen MR) is 144 cm³/mol. The van der Waals surface area contributed by atoms with E-state index in [9.17, 15) is 18.0 Å². The number of hydrogen-bond donors (Lipinski definition) is 1. The zero-order chi connectivity index (χ0) is 26.7. The van der Waals surface area contributed by atoms with Gasteiger partial charge in [0.2, 0.25) is 21.8 Å². The molecule has 1 unspecified atom stereocenters. The molecule has 1 N–H and O–H groups in total. The average molecular weight is 538 g/mol. The van der Waals surface area contributed by atoms with Gasteiger partial charge < -0.3 is 15.0 Å². The van der Waals surface area contributed by atoms with Gasteiger partial charge >= 0.3 is 0 Å². The molecule has 0 heterocycles. The van der Waals surface area contributed by atoms with Gasteiger partial charge in [-0.15, -0.1) is 0 Å². The topological polar surface area (TPSA) is 96.0 Å². The fourth-order valence-electron chi connectivity index (χ4n) is 3.68. The Labute approximate surface area is 219 Å². The minimum Gasteiger partial charge on any atom is -0.497 e. The second-order valence-electron chi connectivity index (χ2n) is 8.61. The van der Waals surface area contributed by atoms with Crippen molar-refractivity contribution in [2.75, 3.05) is 30.8 Å². The van der Waals surface area contributed by atoms with Crippen LogP contribution in [0, 0.1) is 0 Å². The average Bonchev–Trinajstić information content (AvgIpc) is 2.84. The van der Waals surface area contributed by atoms with E-state index in [-0.39, 0.29) is 37.7 Å². The van der Waals surface area contributed by atoms with Gasteiger partial charge in [0.15, 0.2) is 0 Å². The van der Waals surface area contributed by atoms with E-state index in [1.54, 1.807) is 50.4 Å². The summed E-state index contributed by atoms with van der Waals surface area (Å²) in [5.41, 5.74) is 1.30. The number of carbonyl (C=O) groups excluding carboxylic acids is 2. The normalized spacial score (nSPS) is 12.0. The van der Waals surface area contributed by atoms with Crippen LogP contribution in [-0.2, 0) is 26.2 Å². The maximum Gasteiger partial charge on any atom is 0.242 e. The van der Waals surface area contributed by atoms with Crippen molar-refractivity contribution in [3.05, 3.63) is 59.1 Å². The molecule has 0 radical (unpaired) electrons. The van der Waals surface area contributed by atoms with Crippen LogP contribution in [0.1, 0.15) is 45.1 Å². The number of halogens is 1. The van der Waals surface area contributed by atoms with Crippen LogP contribution in [-0.4, -0.2) is 57.6 Å². The Balaban J connectivity index is 2.15. The number of benzene rings is 2. The molecule has 2 aromatic rings. The molecule has 2 aromatic carbocycles. The first-order chi connectivity index (χ1) is 17.1. The third-order valence-corrected chi connectivity index (χ3v) is 7.19. The van der Waals surface area contributed by atoms with Gasteiger partial charge in [0.05, 0.1) is 19.1 Å². The van der Waals surface area contributed by atoms with E-state index in [1.165, 1.54) is 9.21 Å². The molecule has 198 valence electrons. The number of anilines is 1. The lowest BCUT2D eigenvalue weighted by atomic mass is 10.1. The zero-order valence-electron chi connectivity index (χ0n) is 21.4. The summed E-state index contributed by atoms with van der Waals surface area (Å²) in [5.74, 6) is 0.245. The number of nitrogens with one attached hydrogen (secondary N) is 1. The first-order valence-corrected chi connectivity index (χ1v) is 14.2. The second kappa shape index (κ2) is 14.1. The van der Waals surface area contributed by atoms with Crippen LogP contribution in [0.25, 0.3) is 0 Å². The molecule has 0 spiro atoms. The van der Waals surface area contributed by atoms with Crippen molar-refractivity contribution in [3.8, 4) is 5.75 Å². The van der Waals surface area contributed by atoms with Gasteiger partial charge in [0, 0.05) is 31.1 Å². The highest BCUT2D eigenvalue weighted by atomic mass is 35.5. The van der Waals surface area contributed by atoms with E-state index in [2.05, 4.69) is 5.32 Å². The summed E-state index contributed by atoms with van der Waals surface area (Å²) in [5, 5.41) is 3.31. The number of nitrogens with zero attached hydrogens (tertiary/aromatic N) is 2. The molecule has 2 amide bonds. The van der Waals surface area contributed by atoms with Gasteiger partial charge in [-0.1, -0.05) is 43.1 Å². The quantitative estimate of drug-likeness (QED) is 0.364. The van der Waals surface area contributed by atoms with Crippen LogP contribution in [0.3, 0.4) is 0 Å². The van der Waals surface area contributed by atoms with E-state index in [0.717, 1.165) is 24.7 Å². The molecule has 2 rings (SSSR count). The van der Waals surface area contributed by atoms with Gasteiger partial charge in [0.1, 0.15) is 11.8 Å². The third-order valence-electron chi connectivity index (χ3n) is 5.76. The fraction of sp³-hybridized carbons (Fsp3) is 0.462. The summed E-state index contributed by atoms with van der Waals surface area (Å²) >= 11 is 6.04. The van der Waals surface area contributed by atoms with E-state index >= 15 is 0 Å². The number of sulfonamides is 1. The maximum atomic E-state index is 13.3. The lowest BCUT2D eigenvalue weighted by Crippen LogP contribution is -2.47. The minimum atomic E-state index is -3.58. The summed E-state index contributed by atoms with van der Waals surface area (Å²) in [6, 6.07) is 13.2. The number of ether oxygens (including phenoxy) is 1. The molecule has 0 aliphatic rings. The highest BCUT2D eigenvalue weighted by Gasteiger charge is 2.26. The summed E-state index contributed by atoms with van der Waals surface area (Å²) in [7, 11) is -2.00. The molecular weight excluding hydrogens is 502 g/mol. The van der Waals surface area contributed by atoms with Crippen molar-refractivity contribution >= 4 is 39.1 Å². The molecule has 8 nitrogen and oxygen atoms in total.